The van der Waals surface area contributed by atoms with Crippen LogP contribution in [-0.2, 0) is 21.7 Å². The van der Waals surface area contributed by atoms with Gasteiger partial charge in [0.15, 0.2) is 14.9 Å². The van der Waals surface area contributed by atoms with Gasteiger partial charge in [-0.1, -0.05) is 12.1 Å². The quantitative estimate of drug-likeness (QED) is 0.423. The van der Waals surface area contributed by atoms with Gasteiger partial charge in [0, 0.05) is 30.6 Å². The van der Waals surface area contributed by atoms with Crippen molar-refractivity contribution in [3.63, 3.8) is 0 Å². The van der Waals surface area contributed by atoms with Crippen LogP contribution in [0.5, 0.6) is 5.75 Å². The van der Waals surface area contributed by atoms with E-state index in [4.69, 9.17) is 9.84 Å². The van der Waals surface area contributed by atoms with Gasteiger partial charge in [0.05, 0.1) is 19.4 Å². The number of rotatable bonds is 10. The first kappa shape index (κ1) is 26.4. The monoisotopic (exact) mass is 538 g/mol. The summed E-state index contributed by atoms with van der Waals surface area (Å²) in [6, 6.07) is 15.2. The number of hydrogen-bond acceptors (Lipinski definition) is 7. The summed E-state index contributed by atoms with van der Waals surface area (Å²) in [6.45, 7) is 2.13. The first-order valence-corrected chi connectivity index (χ1v) is 14.7. The Morgan fingerprint density at radius 1 is 1.05 bits per heavy atom. The lowest BCUT2D eigenvalue weighted by Gasteiger charge is -2.28. The van der Waals surface area contributed by atoms with E-state index in [1.165, 1.54) is 10.2 Å². The van der Waals surface area contributed by atoms with Crippen molar-refractivity contribution in [1.29, 1.82) is 0 Å². The minimum Gasteiger partial charge on any atom is -0.497 e. The number of aliphatic hydroxyl groups is 1. The largest absolute Gasteiger partial charge is 0.497 e. The number of anilines is 1. The van der Waals surface area contributed by atoms with Crippen LogP contribution in [0.15, 0.2) is 53.6 Å². The second-order valence-electron chi connectivity index (χ2n) is 10.3. The van der Waals surface area contributed by atoms with E-state index in [1.807, 2.05) is 19.2 Å². The second-order valence-corrected chi connectivity index (χ2v) is 12.3. The Kier molecular flexibility index (Phi) is 7.06. The average Bonchev–Trinajstić information content (AvgIpc) is 3.59. The SMILES string of the molecule is COc1ccc(-n2nc(S(C)(=O)=O)c3c2C(=O)N(c2ccc(C4(CCN(C)CCO)CC4)cc2)CC3)cc1. The lowest BCUT2D eigenvalue weighted by atomic mass is 9.92. The maximum Gasteiger partial charge on any atom is 0.277 e. The van der Waals surface area contributed by atoms with E-state index in [0.717, 1.165) is 37.8 Å². The molecule has 1 fully saturated rings. The number of hydrogen-bond donors (Lipinski definition) is 1. The van der Waals surface area contributed by atoms with Crippen LogP contribution in [0.1, 0.15) is 40.9 Å². The fraction of sp³-hybridized carbons (Fsp3) is 0.429. The van der Waals surface area contributed by atoms with Crippen LogP contribution in [-0.4, -0.2) is 80.8 Å². The van der Waals surface area contributed by atoms with Crippen LogP contribution in [0.4, 0.5) is 5.69 Å². The van der Waals surface area contributed by atoms with Gasteiger partial charge in [-0.2, -0.15) is 5.10 Å². The van der Waals surface area contributed by atoms with Crippen molar-refractivity contribution in [1.82, 2.24) is 14.7 Å². The van der Waals surface area contributed by atoms with Crippen LogP contribution in [0, 0.1) is 0 Å². The molecule has 0 radical (unpaired) electrons. The molecule has 0 bridgehead atoms. The van der Waals surface area contributed by atoms with Gasteiger partial charge in [-0.05, 0) is 86.7 Å². The van der Waals surface area contributed by atoms with Crippen LogP contribution in [0.2, 0.25) is 0 Å². The molecule has 1 aromatic heterocycles. The summed E-state index contributed by atoms with van der Waals surface area (Å²) in [5, 5.41) is 13.5. The van der Waals surface area contributed by atoms with Gasteiger partial charge in [-0.25, -0.2) is 13.1 Å². The summed E-state index contributed by atoms with van der Waals surface area (Å²) >= 11 is 0. The lowest BCUT2D eigenvalue weighted by Crippen LogP contribution is -2.39. The molecule has 0 saturated heterocycles. The van der Waals surface area contributed by atoms with Crippen molar-refractivity contribution in [3.05, 3.63) is 65.4 Å². The molecule has 38 heavy (non-hydrogen) atoms. The van der Waals surface area contributed by atoms with Gasteiger partial charge in [0.1, 0.15) is 11.4 Å². The number of benzene rings is 2. The van der Waals surface area contributed by atoms with Crippen LogP contribution in [0.3, 0.4) is 0 Å². The van der Waals surface area contributed by atoms with Gasteiger partial charge < -0.3 is 19.6 Å². The molecule has 2 aliphatic rings. The summed E-state index contributed by atoms with van der Waals surface area (Å²) in [7, 11) is -0.0303. The molecule has 1 aliphatic heterocycles. The number of amides is 1. The van der Waals surface area contributed by atoms with Crippen molar-refractivity contribution in [2.45, 2.75) is 36.1 Å². The van der Waals surface area contributed by atoms with Gasteiger partial charge in [-0.3, -0.25) is 4.79 Å². The fourth-order valence-electron chi connectivity index (χ4n) is 5.30. The molecule has 1 N–H and O–H groups in total. The molecule has 1 aliphatic carbocycles. The summed E-state index contributed by atoms with van der Waals surface area (Å²) in [4.78, 5) is 17.7. The van der Waals surface area contributed by atoms with E-state index in [9.17, 15) is 13.2 Å². The van der Waals surface area contributed by atoms with Crippen LogP contribution in [0.25, 0.3) is 5.69 Å². The number of aromatic nitrogens is 2. The molecular weight excluding hydrogens is 504 g/mol. The molecule has 9 nitrogen and oxygen atoms in total. The Labute approximate surface area is 223 Å². The highest BCUT2D eigenvalue weighted by Crippen LogP contribution is 2.51. The van der Waals surface area contributed by atoms with Crippen molar-refractivity contribution in [2.24, 2.45) is 0 Å². The smallest absolute Gasteiger partial charge is 0.277 e. The topological polar surface area (TPSA) is 105 Å². The molecule has 1 amide bonds. The number of likely N-dealkylation sites (N-methyl/N-ethyl adjacent to an activating group) is 1. The first-order chi connectivity index (χ1) is 18.2. The number of carbonyl (C=O) groups is 1. The number of ether oxygens (including phenoxy) is 1. The third kappa shape index (κ3) is 4.95. The number of sulfone groups is 1. The van der Waals surface area contributed by atoms with Crippen LogP contribution < -0.4 is 9.64 Å². The molecule has 0 atom stereocenters. The third-order valence-electron chi connectivity index (χ3n) is 7.75. The molecule has 0 spiro atoms. The highest BCUT2D eigenvalue weighted by Gasteiger charge is 2.44. The van der Waals surface area contributed by atoms with Gasteiger partial charge >= 0.3 is 0 Å². The van der Waals surface area contributed by atoms with Crippen molar-refractivity contribution in [3.8, 4) is 11.4 Å². The molecule has 3 aromatic rings. The van der Waals surface area contributed by atoms with E-state index in [-0.39, 0.29) is 28.6 Å². The van der Waals surface area contributed by atoms with Gasteiger partial charge in [0.2, 0.25) is 0 Å². The van der Waals surface area contributed by atoms with Crippen LogP contribution >= 0.6 is 0 Å². The van der Waals surface area contributed by atoms with Crippen molar-refractivity contribution in [2.75, 3.05) is 51.6 Å². The number of fused-ring (bicyclic) bond motifs is 1. The molecule has 10 heteroatoms. The average molecular weight is 539 g/mol. The highest BCUT2D eigenvalue weighted by molar-refractivity contribution is 7.90. The minimum atomic E-state index is -3.63. The molecule has 0 unspecified atom stereocenters. The number of methoxy groups -OCH3 is 1. The van der Waals surface area contributed by atoms with Crippen molar-refractivity contribution >= 4 is 21.4 Å². The molecule has 1 saturated carbocycles. The maximum absolute atomic E-state index is 13.8. The van der Waals surface area contributed by atoms with E-state index in [0.29, 0.717) is 36.5 Å². The zero-order chi connectivity index (χ0) is 27.1. The third-order valence-corrected chi connectivity index (χ3v) is 8.78. The van der Waals surface area contributed by atoms with E-state index in [1.54, 1.807) is 36.3 Å². The highest BCUT2D eigenvalue weighted by atomic mass is 32.2. The maximum atomic E-state index is 13.8. The Morgan fingerprint density at radius 3 is 2.29 bits per heavy atom. The Hall–Kier alpha value is -3.21. The summed E-state index contributed by atoms with van der Waals surface area (Å²) in [6.07, 6.45) is 4.83. The molecular formula is C28H34N4O5S. The van der Waals surface area contributed by atoms with Gasteiger partial charge in [0.25, 0.3) is 5.91 Å². The zero-order valence-electron chi connectivity index (χ0n) is 22.1. The summed E-state index contributed by atoms with van der Waals surface area (Å²) < 4.78 is 31.8. The normalized spacial score (nSPS) is 16.6. The number of carbonyl (C=O) groups excluding carboxylic acids is 1. The Balaban J connectivity index is 1.43. The van der Waals surface area contributed by atoms with E-state index >= 15 is 0 Å². The molecule has 5 rings (SSSR count). The second kappa shape index (κ2) is 10.2. The number of aliphatic hydroxyl groups excluding tert-OH is 1. The number of nitrogens with zero attached hydrogens (tertiary/aromatic N) is 4. The molecule has 2 heterocycles. The zero-order valence-corrected chi connectivity index (χ0v) is 22.9. The Bertz CT molecular complexity index is 1430. The van der Waals surface area contributed by atoms with Gasteiger partial charge in [-0.15, -0.1) is 0 Å². The predicted octanol–water partition coefficient (Wildman–Crippen LogP) is 2.83. The predicted molar refractivity (Wildman–Crippen MR) is 145 cm³/mol. The molecule has 2 aromatic carbocycles. The minimum absolute atomic E-state index is 0.0477. The summed E-state index contributed by atoms with van der Waals surface area (Å²) in [5.41, 5.74) is 3.54. The summed E-state index contributed by atoms with van der Waals surface area (Å²) in [5.74, 6) is 0.378. The first-order valence-electron chi connectivity index (χ1n) is 12.8. The van der Waals surface area contributed by atoms with Crippen molar-refractivity contribution < 1.29 is 23.1 Å². The molecule has 202 valence electrons. The fourth-order valence-corrected chi connectivity index (χ4v) is 6.18. The van der Waals surface area contributed by atoms with E-state index < -0.39 is 9.84 Å². The Morgan fingerprint density at radius 2 is 1.71 bits per heavy atom. The lowest BCUT2D eigenvalue weighted by molar-refractivity contribution is 0.0973. The standard InChI is InChI=1S/C28H34N4O5S/c1-30(18-19-33)17-15-28(13-14-28)20-4-6-21(7-5-20)31-16-12-24-25(27(31)34)32(29-26(24)38(3,35)36)22-8-10-23(37-2)11-9-22/h4-11,33H,12-19H2,1-3H3. The van der Waals surface area contributed by atoms with E-state index in [2.05, 4.69) is 22.1 Å².